The summed E-state index contributed by atoms with van der Waals surface area (Å²) in [5.41, 5.74) is 0.703. The molecule has 0 spiro atoms. The molecular weight excluding hydrogens is 286 g/mol. The number of benzene rings is 1. The van der Waals surface area contributed by atoms with Crippen LogP contribution in [-0.2, 0) is 14.4 Å². The Morgan fingerprint density at radius 3 is 2.30 bits per heavy atom. The van der Waals surface area contributed by atoms with Crippen molar-refractivity contribution in [2.24, 2.45) is 0 Å². The van der Waals surface area contributed by atoms with Crippen molar-refractivity contribution in [3.8, 4) is 0 Å². The summed E-state index contributed by atoms with van der Waals surface area (Å²) in [5, 5.41) is 20.0. The molecule has 1 unspecified atom stereocenters. The van der Waals surface area contributed by atoms with Crippen LogP contribution in [0.25, 0.3) is 6.08 Å². The number of carbonyl (C=O) groups is 3. The van der Waals surface area contributed by atoms with Gasteiger partial charge in [-0.2, -0.15) is 0 Å². The first-order valence-electron chi connectivity index (χ1n) is 5.57. The molecular formula is C13H12ClNO5. The third kappa shape index (κ3) is 5.53. The summed E-state index contributed by atoms with van der Waals surface area (Å²) in [6, 6.07) is 5.18. The summed E-state index contributed by atoms with van der Waals surface area (Å²) in [6.45, 7) is 0. The molecule has 20 heavy (non-hydrogen) atoms. The van der Waals surface area contributed by atoms with Crippen LogP contribution in [0.15, 0.2) is 30.3 Å². The lowest BCUT2D eigenvalue weighted by Crippen LogP contribution is -2.41. The quantitative estimate of drug-likeness (QED) is 0.689. The predicted molar refractivity (Wildman–Crippen MR) is 72.3 cm³/mol. The van der Waals surface area contributed by atoms with Crippen LogP contribution in [0.5, 0.6) is 0 Å². The van der Waals surface area contributed by atoms with Gasteiger partial charge >= 0.3 is 11.9 Å². The molecule has 0 aromatic heterocycles. The summed E-state index contributed by atoms with van der Waals surface area (Å²) in [6.07, 6.45) is 1.90. The normalized spacial score (nSPS) is 12.1. The molecule has 106 valence electrons. The van der Waals surface area contributed by atoms with Gasteiger partial charge in [-0.25, -0.2) is 4.79 Å². The third-order valence-corrected chi connectivity index (χ3v) is 2.54. The average molecular weight is 298 g/mol. The Morgan fingerprint density at radius 2 is 1.80 bits per heavy atom. The van der Waals surface area contributed by atoms with Gasteiger partial charge in [-0.1, -0.05) is 23.7 Å². The van der Waals surface area contributed by atoms with Crippen molar-refractivity contribution in [3.63, 3.8) is 0 Å². The van der Waals surface area contributed by atoms with Crippen molar-refractivity contribution in [1.82, 2.24) is 5.32 Å². The molecule has 1 atom stereocenters. The maximum absolute atomic E-state index is 11.5. The number of carboxylic acids is 2. The number of halogens is 1. The summed E-state index contributed by atoms with van der Waals surface area (Å²) in [5.74, 6) is -3.39. The van der Waals surface area contributed by atoms with Gasteiger partial charge in [0.05, 0.1) is 6.42 Å². The van der Waals surface area contributed by atoms with Crippen LogP contribution < -0.4 is 5.32 Å². The molecule has 0 saturated carbocycles. The minimum absolute atomic E-state index is 0.555. The minimum Gasteiger partial charge on any atom is -0.481 e. The van der Waals surface area contributed by atoms with Gasteiger partial charge < -0.3 is 15.5 Å². The zero-order chi connectivity index (χ0) is 15.1. The van der Waals surface area contributed by atoms with E-state index in [1.807, 2.05) is 0 Å². The summed E-state index contributed by atoms with van der Waals surface area (Å²) < 4.78 is 0. The molecule has 1 aromatic carbocycles. The van der Waals surface area contributed by atoms with Gasteiger partial charge in [0.1, 0.15) is 6.04 Å². The monoisotopic (exact) mass is 297 g/mol. The van der Waals surface area contributed by atoms with Crippen molar-refractivity contribution in [1.29, 1.82) is 0 Å². The molecule has 1 aromatic rings. The maximum atomic E-state index is 11.5. The lowest BCUT2D eigenvalue weighted by Gasteiger charge is -2.10. The standard InChI is InChI=1S/C13H12ClNO5/c14-9-4-1-8(2-5-9)3-6-11(16)15-10(13(19)20)7-12(17)18/h1-6,10H,7H2,(H,15,16)(H,17,18)(H,19,20)/b6-3+. The number of carbonyl (C=O) groups excluding carboxylic acids is 1. The van der Waals surface area contributed by atoms with Crippen LogP contribution in [0, 0.1) is 0 Å². The summed E-state index contributed by atoms with van der Waals surface area (Å²) in [7, 11) is 0. The lowest BCUT2D eigenvalue weighted by molar-refractivity contribution is -0.146. The highest BCUT2D eigenvalue weighted by atomic mass is 35.5. The molecule has 1 rings (SSSR count). The smallest absolute Gasteiger partial charge is 0.326 e. The van der Waals surface area contributed by atoms with E-state index >= 15 is 0 Å². The molecule has 0 aliphatic carbocycles. The van der Waals surface area contributed by atoms with E-state index in [1.54, 1.807) is 24.3 Å². The molecule has 3 N–H and O–H groups in total. The van der Waals surface area contributed by atoms with Gasteiger partial charge in [-0.15, -0.1) is 0 Å². The number of hydrogen-bond acceptors (Lipinski definition) is 3. The van der Waals surface area contributed by atoms with E-state index in [2.05, 4.69) is 5.32 Å². The fourth-order valence-electron chi connectivity index (χ4n) is 1.34. The van der Waals surface area contributed by atoms with E-state index in [1.165, 1.54) is 6.08 Å². The topological polar surface area (TPSA) is 104 Å². The van der Waals surface area contributed by atoms with Crippen LogP contribution in [0.4, 0.5) is 0 Å². The molecule has 0 radical (unpaired) electrons. The summed E-state index contributed by atoms with van der Waals surface area (Å²) in [4.78, 5) is 32.7. The van der Waals surface area contributed by atoms with E-state index in [9.17, 15) is 14.4 Å². The second-order valence-corrected chi connectivity index (χ2v) is 4.32. The van der Waals surface area contributed by atoms with Gasteiger partial charge in [0.15, 0.2) is 0 Å². The zero-order valence-electron chi connectivity index (χ0n) is 10.2. The zero-order valence-corrected chi connectivity index (χ0v) is 11.0. The van der Waals surface area contributed by atoms with Crippen molar-refractivity contribution in [2.45, 2.75) is 12.5 Å². The molecule has 0 fully saturated rings. The number of rotatable bonds is 6. The largest absolute Gasteiger partial charge is 0.481 e. The van der Waals surface area contributed by atoms with Gasteiger partial charge in [-0.05, 0) is 23.8 Å². The number of nitrogens with one attached hydrogen (secondary N) is 1. The van der Waals surface area contributed by atoms with E-state index in [-0.39, 0.29) is 0 Å². The Kier molecular flexibility index (Phi) is 5.74. The molecule has 0 bridgehead atoms. The SMILES string of the molecule is O=C(O)CC(NC(=O)/C=C/c1ccc(Cl)cc1)C(=O)O. The van der Waals surface area contributed by atoms with E-state index in [0.717, 1.165) is 6.08 Å². The fraction of sp³-hybridized carbons (Fsp3) is 0.154. The Hall–Kier alpha value is -2.34. The van der Waals surface area contributed by atoms with Crippen LogP contribution in [0.2, 0.25) is 5.02 Å². The second kappa shape index (κ2) is 7.30. The highest BCUT2D eigenvalue weighted by Crippen LogP contribution is 2.10. The van der Waals surface area contributed by atoms with Crippen LogP contribution >= 0.6 is 11.6 Å². The molecule has 7 heteroatoms. The average Bonchev–Trinajstić information content (AvgIpc) is 2.36. The van der Waals surface area contributed by atoms with E-state index < -0.39 is 30.3 Å². The van der Waals surface area contributed by atoms with Crippen molar-refractivity contribution in [3.05, 3.63) is 40.9 Å². The van der Waals surface area contributed by atoms with Crippen molar-refractivity contribution < 1.29 is 24.6 Å². The fourth-order valence-corrected chi connectivity index (χ4v) is 1.47. The molecule has 6 nitrogen and oxygen atoms in total. The number of carboxylic acid groups (broad SMARTS) is 2. The first-order valence-corrected chi connectivity index (χ1v) is 5.95. The van der Waals surface area contributed by atoms with Crippen LogP contribution in [0.3, 0.4) is 0 Å². The van der Waals surface area contributed by atoms with E-state index in [0.29, 0.717) is 10.6 Å². The third-order valence-electron chi connectivity index (χ3n) is 2.29. The van der Waals surface area contributed by atoms with Crippen LogP contribution in [-0.4, -0.2) is 34.1 Å². The number of hydrogen-bond donors (Lipinski definition) is 3. The first-order chi connectivity index (χ1) is 9.38. The second-order valence-electron chi connectivity index (χ2n) is 3.88. The Morgan fingerprint density at radius 1 is 1.20 bits per heavy atom. The van der Waals surface area contributed by atoms with Crippen molar-refractivity contribution >= 4 is 35.5 Å². The Balaban J connectivity index is 2.63. The molecule has 0 aliphatic rings. The maximum Gasteiger partial charge on any atom is 0.326 e. The van der Waals surface area contributed by atoms with Gasteiger partial charge in [0, 0.05) is 11.1 Å². The van der Waals surface area contributed by atoms with E-state index in [4.69, 9.17) is 21.8 Å². The molecule has 0 saturated heterocycles. The highest BCUT2D eigenvalue weighted by molar-refractivity contribution is 6.30. The summed E-state index contributed by atoms with van der Waals surface area (Å²) >= 11 is 5.70. The predicted octanol–water partition coefficient (Wildman–Crippen LogP) is 1.40. The van der Waals surface area contributed by atoms with Crippen LogP contribution in [0.1, 0.15) is 12.0 Å². The van der Waals surface area contributed by atoms with Crippen molar-refractivity contribution in [2.75, 3.05) is 0 Å². The first kappa shape index (κ1) is 15.7. The number of amides is 1. The van der Waals surface area contributed by atoms with Gasteiger partial charge in [-0.3, -0.25) is 9.59 Å². The lowest BCUT2D eigenvalue weighted by atomic mass is 10.2. The molecule has 1 amide bonds. The Bertz CT molecular complexity index is 538. The van der Waals surface area contributed by atoms with Gasteiger partial charge in [0.2, 0.25) is 5.91 Å². The Labute approximate surface area is 119 Å². The van der Waals surface area contributed by atoms with Gasteiger partial charge in [0.25, 0.3) is 0 Å². The minimum atomic E-state index is -1.46. The molecule has 0 heterocycles. The number of aliphatic carboxylic acids is 2. The molecule has 0 aliphatic heterocycles. The highest BCUT2D eigenvalue weighted by Gasteiger charge is 2.21.